The molecule has 2 saturated heterocycles. The maximum Gasteiger partial charge on any atom is 0.227 e. The minimum absolute atomic E-state index is 0.0109. The SMILES string of the molecule is C/C=C\C=C/CC1(CNC(=O)CCOC)CCN(c2nc3c(c(N[C@H]4CCC(=O)N(C)C4)n2)S(=O)CC3)CC1.CC. The molecule has 0 radical (unpaired) electrons. The Morgan fingerprint density at radius 2 is 1.95 bits per heavy atom. The van der Waals surface area contributed by atoms with Crippen molar-refractivity contribution >= 4 is 34.4 Å². The van der Waals surface area contributed by atoms with Crippen LogP contribution in [0.4, 0.5) is 11.8 Å². The van der Waals surface area contributed by atoms with Crippen LogP contribution in [0.2, 0.25) is 0 Å². The fraction of sp³-hybridized carbons (Fsp3) is 0.667. The van der Waals surface area contributed by atoms with Gasteiger partial charge >= 0.3 is 0 Å². The Hall–Kier alpha value is -2.79. The zero-order chi connectivity index (χ0) is 29.8. The van der Waals surface area contributed by atoms with E-state index in [9.17, 15) is 13.8 Å². The molecule has 41 heavy (non-hydrogen) atoms. The molecule has 228 valence electrons. The number of anilines is 2. The number of fused-ring (bicyclic) bond motifs is 1. The second-order valence-electron chi connectivity index (χ2n) is 10.8. The molecule has 0 aromatic carbocycles. The van der Waals surface area contributed by atoms with Gasteiger partial charge in [-0.25, -0.2) is 4.98 Å². The van der Waals surface area contributed by atoms with Gasteiger partial charge in [-0.1, -0.05) is 38.2 Å². The summed E-state index contributed by atoms with van der Waals surface area (Å²) < 4.78 is 17.9. The first-order chi connectivity index (χ1) is 19.8. The number of likely N-dealkylation sites (N-methyl/N-ethyl adjacent to an activating group) is 1. The number of methoxy groups -OCH3 is 1. The molecule has 2 amide bonds. The summed E-state index contributed by atoms with van der Waals surface area (Å²) in [5, 5.41) is 6.64. The Morgan fingerprint density at radius 1 is 1.20 bits per heavy atom. The number of aromatic nitrogens is 2. The molecule has 1 unspecified atom stereocenters. The largest absolute Gasteiger partial charge is 0.384 e. The fourth-order valence-electron chi connectivity index (χ4n) is 5.46. The molecular weight excluding hydrogens is 540 g/mol. The van der Waals surface area contributed by atoms with E-state index >= 15 is 0 Å². The van der Waals surface area contributed by atoms with E-state index in [0.717, 1.165) is 49.4 Å². The molecule has 10 nitrogen and oxygen atoms in total. The highest BCUT2D eigenvalue weighted by atomic mass is 32.2. The number of rotatable bonds is 11. The van der Waals surface area contributed by atoms with Crippen LogP contribution in [-0.4, -0.2) is 89.6 Å². The molecule has 4 heterocycles. The van der Waals surface area contributed by atoms with Crippen LogP contribution >= 0.6 is 0 Å². The van der Waals surface area contributed by atoms with Crippen molar-refractivity contribution in [2.75, 3.05) is 62.9 Å². The first-order valence-corrected chi connectivity index (χ1v) is 16.2. The van der Waals surface area contributed by atoms with Crippen molar-refractivity contribution in [1.29, 1.82) is 0 Å². The molecule has 1 aromatic rings. The van der Waals surface area contributed by atoms with Gasteiger partial charge in [0.15, 0.2) is 0 Å². The lowest BCUT2D eigenvalue weighted by Crippen LogP contribution is -2.47. The van der Waals surface area contributed by atoms with Crippen LogP contribution in [0.5, 0.6) is 0 Å². The Kier molecular flexibility index (Phi) is 12.8. The third-order valence-corrected chi connectivity index (χ3v) is 9.39. The number of carbonyl (C=O) groups is 2. The number of hydrogen-bond acceptors (Lipinski definition) is 8. The number of nitrogens with zero attached hydrogens (tertiary/aromatic N) is 4. The molecule has 3 aliphatic rings. The van der Waals surface area contributed by atoms with Crippen LogP contribution in [0.1, 0.15) is 65.0 Å². The molecule has 0 spiro atoms. The van der Waals surface area contributed by atoms with Crippen molar-refractivity contribution < 1.29 is 18.5 Å². The number of nitrogens with one attached hydrogen (secondary N) is 2. The topological polar surface area (TPSA) is 117 Å². The van der Waals surface area contributed by atoms with E-state index in [1.807, 2.05) is 40.0 Å². The van der Waals surface area contributed by atoms with Gasteiger partial charge in [0.1, 0.15) is 10.7 Å². The molecule has 0 saturated carbocycles. The summed E-state index contributed by atoms with van der Waals surface area (Å²) in [7, 11) is 2.30. The van der Waals surface area contributed by atoms with E-state index in [1.165, 1.54) is 0 Å². The second kappa shape index (κ2) is 16.0. The standard InChI is InChI=1S/C28H42N6O4S.C2H6/c1-4-5-6-7-12-28(20-29-23(35)10-17-38-3)13-15-34(16-14-28)27-31-22-11-18-39(37)25(22)26(32-27)30-21-8-9-24(36)33(2)19-21;1-2/h4-7,21H,8-20H2,1-3H3,(H,29,35)(H,30,31,32);1-2H3/b5-4-,7-6-;/t21-,39?;/m0./s1. The van der Waals surface area contributed by atoms with Gasteiger partial charge in [-0.3, -0.25) is 13.8 Å². The van der Waals surface area contributed by atoms with Gasteiger partial charge in [-0.2, -0.15) is 4.98 Å². The lowest BCUT2D eigenvalue weighted by atomic mass is 9.75. The summed E-state index contributed by atoms with van der Waals surface area (Å²) in [6.07, 6.45) is 13.2. The molecule has 0 aliphatic carbocycles. The second-order valence-corrected chi connectivity index (χ2v) is 12.3. The van der Waals surface area contributed by atoms with Crippen molar-refractivity contribution in [1.82, 2.24) is 20.2 Å². The third-order valence-electron chi connectivity index (χ3n) is 7.93. The van der Waals surface area contributed by atoms with E-state index in [-0.39, 0.29) is 23.3 Å². The van der Waals surface area contributed by atoms with E-state index in [2.05, 4.69) is 27.7 Å². The molecule has 11 heteroatoms. The van der Waals surface area contributed by atoms with Gasteiger partial charge in [0.2, 0.25) is 17.8 Å². The molecule has 2 fully saturated rings. The normalized spacial score (nSPS) is 22.0. The van der Waals surface area contributed by atoms with Gasteiger partial charge in [-0.05, 0) is 38.0 Å². The summed E-state index contributed by atoms with van der Waals surface area (Å²) in [5.41, 5.74) is 0.813. The summed E-state index contributed by atoms with van der Waals surface area (Å²) in [4.78, 5) is 38.7. The van der Waals surface area contributed by atoms with Crippen molar-refractivity contribution in [3.8, 4) is 0 Å². The first kappa shape index (κ1) is 32.7. The Labute approximate surface area is 247 Å². The summed E-state index contributed by atoms with van der Waals surface area (Å²) in [6.45, 7) is 9.17. The monoisotopic (exact) mass is 588 g/mol. The number of amides is 2. The maximum absolute atomic E-state index is 12.8. The quantitative estimate of drug-likeness (QED) is 0.378. The summed E-state index contributed by atoms with van der Waals surface area (Å²) in [6, 6.07) is 0.0665. The predicted molar refractivity (Wildman–Crippen MR) is 165 cm³/mol. The smallest absolute Gasteiger partial charge is 0.227 e. The highest BCUT2D eigenvalue weighted by Gasteiger charge is 2.36. The van der Waals surface area contributed by atoms with E-state index in [4.69, 9.17) is 14.7 Å². The van der Waals surface area contributed by atoms with Gasteiger partial charge < -0.3 is 25.2 Å². The minimum atomic E-state index is -1.12. The summed E-state index contributed by atoms with van der Waals surface area (Å²) >= 11 is 0. The maximum atomic E-state index is 12.8. The lowest BCUT2D eigenvalue weighted by molar-refractivity contribution is -0.132. The molecule has 4 rings (SSSR count). The van der Waals surface area contributed by atoms with Crippen molar-refractivity contribution in [2.24, 2.45) is 5.41 Å². The number of piperidine rings is 2. The number of likely N-dealkylation sites (tertiary alicyclic amines) is 1. The van der Waals surface area contributed by atoms with Crippen molar-refractivity contribution in [2.45, 2.75) is 76.7 Å². The fourth-order valence-corrected chi connectivity index (χ4v) is 6.77. The lowest BCUT2D eigenvalue weighted by Gasteiger charge is -2.42. The predicted octanol–water partition coefficient (Wildman–Crippen LogP) is 3.46. The number of allylic oxidation sites excluding steroid dienone is 4. The highest BCUT2D eigenvalue weighted by molar-refractivity contribution is 7.85. The molecule has 3 aliphatic heterocycles. The highest BCUT2D eigenvalue weighted by Crippen LogP contribution is 2.37. The average Bonchev–Trinajstić information content (AvgIpc) is 3.37. The Bertz CT molecular complexity index is 1120. The van der Waals surface area contributed by atoms with Crippen LogP contribution in [0.3, 0.4) is 0 Å². The number of carbonyl (C=O) groups excluding carboxylic acids is 2. The molecule has 1 aromatic heterocycles. The minimum Gasteiger partial charge on any atom is -0.384 e. The molecule has 2 N–H and O–H groups in total. The van der Waals surface area contributed by atoms with E-state index < -0.39 is 10.8 Å². The molecule has 2 atom stereocenters. The third kappa shape index (κ3) is 8.85. The zero-order valence-corrected chi connectivity index (χ0v) is 26.2. The first-order valence-electron chi connectivity index (χ1n) is 14.9. The van der Waals surface area contributed by atoms with Crippen LogP contribution in [0, 0.1) is 5.41 Å². The zero-order valence-electron chi connectivity index (χ0n) is 25.4. The molecular formula is C30H48N6O4S. The van der Waals surface area contributed by atoms with Gasteiger partial charge in [0, 0.05) is 71.4 Å². The summed E-state index contributed by atoms with van der Waals surface area (Å²) in [5.74, 6) is 2.04. The van der Waals surface area contributed by atoms with E-state index in [1.54, 1.807) is 12.0 Å². The van der Waals surface area contributed by atoms with Gasteiger partial charge in [0.25, 0.3) is 0 Å². The number of hydrogen-bond donors (Lipinski definition) is 2. The van der Waals surface area contributed by atoms with Crippen LogP contribution in [0.25, 0.3) is 0 Å². The Morgan fingerprint density at radius 3 is 2.63 bits per heavy atom. The van der Waals surface area contributed by atoms with Crippen LogP contribution in [0.15, 0.2) is 29.2 Å². The van der Waals surface area contributed by atoms with E-state index in [0.29, 0.717) is 56.5 Å². The Balaban J connectivity index is 0.00000226. The van der Waals surface area contributed by atoms with Crippen LogP contribution in [-0.2, 0) is 31.5 Å². The van der Waals surface area contributed by atoms with Crippen molar-refractivity contribution in [3.63, 3.8) is 0 Å². The average molecular weight is 589 g/mol. The van der Waals surface area contributed by atoms with Crippen molar-refractivity contribution in [3.05, 3.63) is 30.0 Å². The van der Waals surface area contributed by atoms with Gasteiger partial charge in [0.05, 0.1) is 23.1 Å². The number of ether oxygens (including phenoxy) is 1. The number of aryl methyl sites for hydroxylation is 1. The van der Waals surface area contributed by atoms with Crippen LogP contribution < -0.4 is 15.5 Å². The van der Waals surface area contributed by atoms with Gasteiger partial charge in [-0.15, -0.1) is 0 Å². The molecule has 0 bridgehead atoms.